The van der Waals surface area contributed by atoms with Crippen LogP contribution in [0.25, 0.3) is 0 Å². The van der Waals surface area contributed by atoms with Crippen molar-refractivity contribution >= 4 is 21.8 Å². The molecule has 0 heterocycles. The van der Waals surface area contributed by atoms with Gasteiger partial charge in [0.05, 0.1) is 10.2 Å². The van der Waals surface area contributed by atoms with Crippen molar-refractivity contribution in [3.8, 4) is 0 Å². The summed E-state index contributed by atoms with van der Waals surface area (Å²) in [6, 6.07) is 0. The van der Waals surface area contributed by atoms with Crippen molar-refractivity contribution in [2.45, 2.75) is 31.0 Å². The van der Waals surface area contributed by atoms with Gasteiger partial charge in [0.2, 0.25) is 5.91 Å². The first-order chi connectivity index (χ1) is 5.78. The lowest BCUT2D eigenvalue weighted by Crippen LogP contribution is -2.35. The summed E-state index contributed by atoms with van der Waals surface area (Å²) in [5.74, 6) is -2.85. The van der Waals surface area contributed by atoms with Crippen LogP contribution in [0.4, 0.5) is 8.78 Å². The summed E-state index contributed by atoms with van der Waals surface area (Å²) in [6.45, 7) is 3.18. The van der Waals surface area contributed by atoms with Crippen LogP contribution in [0, 0.1) is 5.41 Å². The third kappa shape index (κ3) is 2.18. The van der Waals surface area contributed by atoms with Gasteiger partial charge in [0, 0.05) is 13.0 Å². The second kappa shape index (κ2) is 3.19. The van der Waals surface area contributed by atoms with E-state index >= 15 is 0 Å². The molecule has 0 radical (unpaired) electrons. The quantitative estimate of drug-likeness (QED) is 0.768. The average molecular weight is 256 g/mol. The second-order valence-corrected chi connectivity index (χ2v) is 5.15. The fraction of sp³-hybridized carbons (Fsp3) is 0.875. The highest BCUT2D eigenvalue weighted by atomic mass is 79.9. The van der Waals surface area contributed by atoms with Gasteiger partial charge in [0.1, 0.15) is 0 Å². The molecule has 1 rings (SSSR count). The van der Waals surface area contributed by atoms with Gasteiger partial charge in [0.15, 0.2) is 0 Å². The van der Waals surface area contributed by atoms with Crippen LogP contribution in [0.5, 0.6) is 0 Å². The van der Waals surface area contributed by atoms with E-state index in [1.807, 2.05) is 0 Å². The molecule has 13 heavy (non-hydrogen) atoms. The van der Waals surface area contributed by atoms with E-state index in [2.05, 4.69) is 21.2 Å². The number of hydrogen-bond acceptors (Lipinski definition) is 1. The molecule has 5 heteroatoms. The lowest BCUT2D eigenvalue weighted by atomic mass is 10.1. The molecule has 76 valence electrons. The van der Waals surface area contributed by atoms with E-state index in [1.54, 1.807) is 6.92 Å². The Morgan fingerprint density at radius 1 is 1.69 bits per heavy atom. The number of halogens is 3. The van der Waals surface area contributed by atoms with Crippen LogP contribution >= 0.6 is 15.9 Å². The van der Waals surface area contributed by atoms with E-state index in [9.17, 15) is 13.6 Å². The molecule has 0 bridgehead atoms. The predicted octanol–water partition coefficient (Wildman–Crippen LogP) is 1.93. The molecule has 0 aliphatic heterocycles. The van der Waals surface area contributed by atoms with Gasteiger partial charge in [-0.2, -0.15) is 0 Å². The zero-order valence-corrected chi connectivity index (χ0v) is 9.12. The van der Waals surface area contributed by atoms with Crippen LogP contribution in [0.1, 0.15) is 20.3 Å². The standard InChI is InChI=1S/C8H12BrF2NO/c1-5(9)6(13)12-4-7(2)3-8(7,10)11/h5H,3-4H2,1-2H3,(H,12,13). The van der Waals surface area contributed by atoms with Gasteiger partial charge in [-0.05, 0) is 6.92 Å². The Balaban J connectivity index is 2.33. The van der Waals surface area contributed by atoms with E-state index in [-0.39, 0.29) is 23.7 Å². The fourth-order valence-corrected chi connectivity index (χ4v) is 1.22. The molecular weight excluding hydrogens is 244 g/mol. The summed E-state index contributed by atoms with van der Waals surface area (Å²) in [4.78, 5) is 10.7. The number of carbonyl (C=O) groups excluding carboxylic acids is 1. The van der Waals surface area contributed by atoms with Crippen LogP contribution in [0.15, 0.2) is 0 Å². The minimum Gasteiger partial charge on any atom is -0.354 e. The van der Waals surface area contributed by atoms with E-state index in [4.69, 9.17) is 0 Å². The Bertz CT molecular complexity index is 232. The molecular formula is C8H12BrF2NO. The maximum Gasteiger partial charge on any atom is 0.256 e. The van der Waals surface area contributed by atoms with Gasteiger partial charge < -0.3 is 5.32 Å². The molecule has 1 aliphatic rings. The van der Waals surface area contributed by atoms with Crippen molar-refractivity contribution in [1.82, 2.24) is 5.32 Å². The van der Waals surface area contributed by atoms with Crippen LogP contribution < -0.4 is 5.32 Å². The third-order valence-corrected chi connectivity index (χ3v) is 2.80. The van der Waals surface area contributed by atoms with Crippen molar-refractivity contribution in [2.24, 2.45) is 5.41 Å². The Morgan fingerprint density at radius 3 is 2.46 bits per heavy atom. The fourth-order valence-electron chi connectivity index (χ4n) is 1.06. The molecule has 1 fully saturated rings. The third-order valence-electron chi connectivity index (χ3n) is 2.38. The lowest BCUT2D eigenvalue weighted by Gasteiger charge is -2.12. The molecule has 1 amide bonds. The SMILES string of the molecule is CC(Br)C(=O)NCC1(C)CC1(F)F. The molecule has 0 aromatic carbocycles. The van der Waals surface area contributed by atoms with E-state index in [0.29, 0.717) is 0 Å². The topological polar surface area (TPSA) is 29.1 Å². The van der Waals surface area contributed by atoms with Crippen molar-refractivity contribution in [2.75, 3.05) is 6.54 Å². The van der Waals surface area contributed by atoms with Crippen LogP contribution in [0.3, 0.4) is 0 Å². The minimum atomic E-state index is -2.60. The second-order valence-electron chi connectivity index (χ2n) is 3.78. The first-order valence-electron chi connectivity index (χ1n) is 4.08. The Morgan fingerprint density at radius 2 is 2.15 bits per heavy atom. The summed E-state index contributed by atoms with van der Waals surface area (Å²) in [7, 11) is 0. The van der Waals surface area contributed by atoms with Crippen LogP contribution in [0.2, 0.25) is 0 Å². The maximum absolute atomic E-state index is 12.7. The van der Waals surface area contributed by atoms with Crippen molar-refractivity contribution in [3.63, 3.8) is 0 Å². The largest absolute Gasteiger partial charge is 0.354 e. The van der Waals surface area contributed by atoms with Crippen molar-refractivity contribution in [3.05, 3.63) is 0 Å². The van der Waals surface area contributed by atoms with Crippen molar-refractivity contribution < 1.29 is 13.6 Å². The Hall–Kier alpha value is -0.190. The van der Waals surface area contributed by atoms with Gasteiger partial charge in [-0.25, -0.2) is 8.78 Å². The molecule has 2 unspecified atom stereocenters. The number of rotatable bonds is 3. The molecule has 0 aromatic heterocycles. The molecule has 0 aromatic rings. The zero-order chi connectivity index (χ0) is 10.3. The van der Waals surface area contributed by atoms with Gasteiger partial charge in [-0.15, -0.1) is 0 Å². The first-order valence-corrected chi connectivity index (χ1v) is 5.00. The summed E-state index contributed by atoms with van der Waals surface area (Å²) >= 11 is 3.06. The normalized spacial score (nSPS) is 32.4. The van der Waals surface area contributed by atoms with Gasteiger partial charge >= 0.3 is 0 Å². The van der Waals surface area contributed by atoms with E-state index in [1.165, 1.54) is 6.92 Å². The van der Waals surface area contributed by atoms with E-state index < -0.39 is 11.3 Å². The summed E-state index contributed by atoms with van der Waals surface area (Å²) < 4.78 is 25.3. The number of hydrogen-bond donors (Lipinski definition) is 1. The maximum atomic E-state index is 12.7. The Kier molecular flexibility index (Phi) is 2.67. The summed E-state index contributed by atoms with van der Waals surface area (Å²) in [5.41, 5.74) is -1.02. The highest BCUT2D eigenvalue weighted by molar-refractivity contribution is 9.10. The van der Waals surface area contributed by atoms with Crippen LogP contribution in [-0.2, 0) is 4.79 Å². The molecule has 0 spiro atoms. The van der Waals surface area contributed by atoms with Crippen molar-refractivity contribution in [1.29, 1.82) is 0 Å². The molecule has 0 saturated heterocycles. The van der Waals surface area contributed by atoms with E-state index in [0.717, 1.165) is 0 Å². The zero-order valence-electron chi connectivity index (χ0n) is 7.53. The molecule has 1 N–H and O–H groups in total. The molecule has 2 nitrogen and oxygen atoms in total. The highest BCUT2D eigenvalue weighted by Crippen LogP contribution is 2.59. The number of amides is 1. The van der Waals surface area contributed by atoms with Crippen LogP contribution in [-0.4, -0.2) is 23.2 Å². The molecule has 1 saturated carbocycles. The highest BCUT2D eigenvalue weighted by Gasteiger charge is 2.67. The molecule has 1 aliphatic carbocycles. The summed E-state index contributed by atoms with van der Waals surface area (Å²) in [5, 5.41) is 2.47. The van der Waals surface area contributed by atoms with Gasteiger partial charge in [-0.3, -0.25) is 4.79 Å². The van der Waals surface area contributed by atoms with Gasteiger partial charge in [0.25, 0.3) is 5.92 Å². The average Bonchev–Trinajstić information content (AvgIpc) is 2.47. The predicted molar refractivity (Wildman–Crippen MR) is 49.1 cm³/mol. The summed E-state index contributed by atoms with van der Waals surface area (Å²) in [6.07, 6.45) is -0.128. The minimum absolute atomic E-state index is 0.0504. The monoisotopic (exact) mass is 255 g/mol. The number of carbonyl (C=O) groups is 1. The lowest BCUT2D eigenvalue weighted by molar-refractivity contribution is -0.120. The smallest absolute Gasteiger partial charge is 0.256 e. The van der Waals surface area contributed by atoms with Gasteiger partial charge in [-0.1, -0.05) is 22.9 Å². The number of nitrogens with one attached hydrogen (secondary N) is 1. The number of alkyl halides is 3. The first kappa shape index (κ1) is 10.9. The molecule has 2 atom stereocenters. The Labute approximate surface area is 84.2 Å².